The van der Waals surface area contributed by atoms with Crippen LogP contribution in [0.4, 0.5) is 0 Å². The zero-order chi connectivity index (χ0) is 14.7. The molecule has 0 aliphatic heterocycles. The molecule has 5 heteroatoms. The molecule has 3 aromatic rings. The second-order valence-corrected chi connectivity index (χ2v) is 5.23. The number of nitrogens with one attached hydrogen (secondary N) is 1. The normalized spacial score (nSPS) is 11.3. The third-order valence-corrected chi connectivity index (χ3v) is 3.67. The van der Waals surface area contributed by atoms with Crippen LogP contribution >= 0.6 is 0 Å². The van der Waals surface area contributed by atoms with Crippen molar-refractivity contribution in [3.63, 3.8) is 0 Å². The lowest BCUT2D eigenvalue weighted by Gasteiger charge is -2.09. The Morgan fingerprint density at radius 1 is 1.14 bits per heavy atom. The molecule has 0 amide bonds. The molecule has 0 saturated heterocycles. The van der Waals surface area contributed by atoms with E-state index >= 15 is 0 Å². The van der Waals surface area contributed by atoms with Crippen LogP contribution in [0.1, 0.15) is 25.0 Å². The summed E-state index contributed by atoms with van der Waals surface area (Å²) in [7, 11) is 2.01. The fraction of sp³-hybridized carbons (Fsp3) is 0.375. The van der Waals surface area contributed by atoms with Crippen molar-refractivity contribution in [3.05, 3.63) is 48.3 Å². The van der Waals surface area contributed by atoms with Crippen molar-refractivity contribution in [3.8, 4) is 0 Å². The number of fused-ring (bicyclic) bond motifs is 1. The molecular formula is C16H21N5. The van der Waals surface area contributed by atoms with Crippen molar-refractivity contribution in [1.29, 1.82) is 0 Å². The molecule has 1 aromatic carbocycles. The van der Waals surface area contributed by atoms with Gasteiger partial charge in [-0.05, 0) is 18.6 Å². The van der Waals surface area contributed by atoms with Gasteiger partial charge in [-0.25, -0.2) is 9.97 Å². The first-order chi connectivity index (χ1) is 10.3. The lowest BCUT2D eigenvalue weighted by Crippen LogP contribution is -2.18. The highest BCUT2D eigenvalue weighted by molar-refractivity contribution is 5.75. The second kappa shape index (κ2) is 6.10. The zero-order valence-electron chi connectivity index (χ0n) is 12.6. The Morgan fingerprint density at radius 2 is 1.95 bits per heavy atom. The maximum absolute atomic E-state index is 4.75. The van der Waals surface area contributed by atoms with Crippen LogP contribution in [0.15, 0.2) is 36.7 Å². The maximum Gasteiger partial charge on any atom is 0.123 e. The fourth-order valence-corrected chi connectivity index (χ4v) is 2.59. The van der Waals surface area contributed by atoms with Gasteiger partial charge in [0.25, 0.3) is 0 Å². The largest absolute Gasteiger partial charge is 0.337 e. The van der Waals surface area contributed by atoms with Crippen LogP contribution in [0.3, 0.4) is 0 Å². The molecule has 2 heterocycles. The van der Waals surface area contributed by atoms with E-state index in [9.17, 15) is 0 Å². The monoisotopic (exact) mass is 283 g/mol. The molecule has 2 aromatic heterocycles. The summed E-state index contributed by atoms with van der Waals surface area (Å²) in [4.78, 5) is 9.07. The molecule has 0 aliphatic carbocycles. The SMILES string of the molecule is CCCn1c(CNCc2nccn2C)nc2ccccc21. The van der Waals surface area contributed by atoms with E-state index in [-0.39, 0.29) is 0 Å². The lowest BCUT2D eigenvalue weighted by molar-refractivity contribution is 0.580. The van der Waals surface area contributed by atoms with E-state index in [1.165, 1.54) is 5.52 Å². The molecule has 0 fully saturated rings. The van der Waals surface area contributed by atoms with E-state index in [2.05, 4.69) is 40.0 Å². The molecule has 0 bridgehead atoms. The molecule has 110 valence electrons. The molecular weight excluding hydrogens is 262 g/mol. The fourth-order valence-electron chi connectivity index (χ4n) is 2.59. The Labute approximate surface area is 124 Å². The standard InChI is InChI=1S/C16H21N5/c1-3-9-21-14-7-5-4-6-13(14)19-16(21)12-17-11-15-18-8-10-20(15)2/h4-8,10,17H,3,9,11-12H2,1-2H3. The average molecular weight is 283 g/mol. The van der Waals surface area contributed by atoms with Gasteiger partial charge in [0, 0.05) is 26.0 Å². The van der Waals surface area contributed by atoms with Crippen LogP contribution in [-0.4, -0.2) is 19.1 Å². The molecule has 21 heavy (non-hydrogen) atoms. The molecule has 1 N–H and O–H groups in total. The van der Waals surface area contributed by atoms with Crippen LogP contribution in [-0.2, 0) is 26.7 Å². The van der Waals surface area contributed by atoms with Crippen molar-refractivity contribution < 1.29 is 0 Å². The van der Waals surface area contributed by atoms with Crippen LogP contribution in [0.2, 0.25) is 0 Å². The van der Waals surface area contributed by atoms with Gasteiger partial charge in [0.1, 0.15) is 11.6 Å². The average Bonchev–Trinajstić information content (AvgIpc) is 3.05. The summed E-state index contributed by atoms with van der Waals surface area (Å²) in [6.07, 6.45) is 4.89. The summed E-state index contributed by atoms with van der Waals surface area (Å²) < 4.78 is 4.34. The molecule has 3 rings (SSSR count). The van der Waals surface area contributed by atoms with Gasteiger partial charge >= 0.3 is 0 Å². The van der Waals surface area contributed by atoms with Crippen LogP contribution in [0, 0.1) is 0 Å². The number of aryl methyl sites for hydroxylation is 2. The van der Waals surface area contributed by atoms with Crippen molar-refractivity contribution >= 4 is 11.0 Å². The van der Waals surface area contributed by atoms with Crippen molar-refractivity contribution in [1.82, 2.24) is 24.4 Å². The number of rotatable bonds is 6. The van der Waals surface area contributed by atoms with E-state index in [1.54, 1.807) is 0 Å². The van der Waals surface area contributed by atoms with Gasteiger partial charge < -0.3 is 14.5 Å². The highest BCUT2D eigenvalue weighted by atomic mass is 15.1. The number of benzene rings is 1. The van der Waals surface area contributed by atoms with Gasteiger partial charge in [-0.15, -0.1) is 0 Å². The van der Waals surface area contributed by atoms with Gasteiger partial charge in [0.2, 0.25) is 0 Å². The predicted octanol–water partition coefficient (Wildman–Crippen LogP) is 2.47. The smallest absolute Gasteiger partial charge is 0.123 e. The number of para-hydroxylation sites is 2. The number of nitrogens with zero attached hydrogens (tertiary/aromatic N) is 4. The Kier molecular flexibility index (Phi) is 4.01. The van der Waals surface area contributed by atoms with E-state index in [1.807, 2.05) is 30.1 Å². The minimum absolute atomic E-state index is 0.749. The van der Waals surface area contributed by atoms with Crippen LogP contribution in [0.25, 0.3) is 11.0 Å². The lowest BCUT2D eigenvalue weighted by atomic mass is 10.3. The first-order valence-corrected chi connectivity index (χ1v) is 7.40. The molecule has 0 spiro atoms. The van der Waals surface area contributed by atoms with E-state index < -0.39 is 0 Å². The van der Waals surface area contributed by atoms with Crippen molar-refractivity contribution in [2.24, 2.45) is 7.05 Å². The van der Waals surface area contributed by atoms with E-state index in [0.717, 1.165) is 43.2 Å². The summed E-state index contributed by atoms with van der Waals surface area (Å²) in [5.74, 6) is 2.13. The number of imidazole rings is 2. The van der Waals surface area contributed by atoms with Gasteiger partial charge in [-0.2, -0.15) is 0 Å². The zero-order valence-corrected chi connectivity index (χ0v) is 12.6. The molecule has 0 saturated carbocycles. The number of aromatic nitrogens is 4. The molecule has 5 nitrogen and oxygen atoms in total. The Hall–Kier alpha value is -2.14. The van der Waals surface area contributed by atoms with Gasteiger partial charge in [-0.1, -0.05) is 19.1 Å². The summed E-state index contributed by atoms with van der Waals surface area (Å²) >= 11 is 0. The molecule has 0 aliphatic rings. The Balaban J connectivity index is 1.76. The van der Waals surface area contributed by atoms with Gasteiger partial charge in [0.05, 0.1) is 24.1 Å². The Morgan fingerprint density at radius 3 is 2.71 bits per heavy atom. The van der Waals surface area contributed by atoms with Crippen molar-refractivity contribution in [2.45, 2.75) is 33.0 Å². The first-order valence-electron chi connectivity index (χ1n) is 7.40. The quantitative estimate of drug-likeness (QED) is 0.756. The maximum atomic E-state index is 4.75. The summed E-state index contributed by atoms with van der Waals surface area (Å²) in [5.41, 5.74) is 2.29. The minimum Gasteiger partial charge on any atom is -0.337 e. The molecule has 0 atom stereocenters. The molecule has 0 radical (unpaired) electrons. The van der Waals surface area contributed by atoms with Crippen LogP contribution < -0.4 is 5.32 Å². The predicted molar refractivity (Wildman–Crippen MR) is 83.8 cm³/mol. The van der Waals surface area contributed by atoms with E-state index in [0.29, 0.717) is 0 Å². The summed E-state index contributed by atoms with van der Waals surface area (Å²) in [6, 6.07) is 8.32. The first kappa shape index (κ1) is 13.8. The van der Waals surface area contributed by atoms with Gasteiger partial charge in [0.15, 0.2) is 0 Å². The highest BCUT2D eigenvalue weighted by Crippen LogP contribution is 2.16. The third kappa shape index (κ3) is 2.83. The summed E-state index contributed by atoms with van der Waals surface area (Å²) in [5, 5.41) is 3.44. The second-order valence-electron chi connectivity index (χ2n) is 5.23. The summed E-state index contributed by atoms with van der Waals surface area (Å²) in [6.45, 7) is 4.69. The van der Waals surface area contributed by atoms with Crippen molar-refractivity contribution in [2.75, 3.05) is 0 Å². The topological polar surface area (TPSA) is 47.7 Å². The Bertz CT molecular complexity index is 725. The minimum atomic E-state index is 0.749. The van der Waals surface area contributed by atoms with Gasteiger partial charge in [-0.3, -0.25) is 0 Å². The third-order valence-electron chi connectivity index (χ3n) is 3.67. The number of hydrogen-bond donors (Lipinski definition) is 1. The number of hydrogen-bond acceptors (Lipinski definition) is 3. The molecule has 0 unspecified atom stereocenters. The highest BCUT2D eigenvalue weighted by Gasteiger charge is 2.09. The van der Waals surface area contributed by atoms with E-state index in [4.69, 9.17) is 4.98 Å². The van der Waals surface area contributed by atoms with Crippen LogP contribution in [0.5, 0.6) is 0 Å².